The molecule has 0 unspecified atom stereocenters. The molecule has 0 atom stereocenters. The first-order chi connectivity index (χ1) is 13.5. The Balaban J connectivity index is 1.71. The van der Waals surface area contributed by atoms with Crippen LogP contribution in [0.25, 0.3) is 0 Å². The molecule has 146 valence electrons. The quantitative estimate of drug-likeness (QED) is 0.435. The van der Waals surface area contributed by atoms with Crippen molar-refractivity contribution in [3.8, 4) is 5.75 Å². The van der Waals surface area contributed by atoms with Crippen molar-refractivity contribution in [2.45, 2.75) is 12.8 Å². The number of carbonyl (C=O) groups excluding carboxylic acids is 3. The van der Waals surface area contributed by atoms with Gasteiger partial charge in [-0.25, -0.2) is 0 Å². The highest BCUT2D eigenvalue weighted by atomic mass is 32.1. The number of hydrogen-bond donors (Lipinski definition) is 4. The lowest BCUT2D eigenvalue weighted by Gasteiger charge is -2.12. The number of carbonyl (C=O) groups is 3. The molecule has 2 rings (SSSR count). The van der Waals surface area contributed by atoms with Crippen molar-refractivity contribution in [2.75, 3.05) is 12.4 Å². The third-order valence-electron chi connectivity index (χ3n) is 3.53. The highest BCUT2D eigenvalue weighted by molar-refractivity contribution is 7.80. The minimum Gasteiger partial charge on any atom is -0.496 e. The maximum atomic E-state index is 12.2. The summed E-state index contributed by atoms with van der Waals surface area (Å²) in [6, 6.07) is 15.6. The van der Waals surface area contributed by atoms with E-state index in [0.717, 1.165) is 0 Å². The van der Waals surface area contributed by atoms with Crippen molar-refractivity contribution >= 4 is 40.7 Å². The van der Waals surface area contributed by atoms with E-state index >= 15 is 0 Å². The van der Waals surface area contributed by atoms with Gasteiger partial charge in [-0.1, -0.05) is 30.3 Å². The average molecular weight is 400 g/mol. The zero-order chi connectivity index (χ0) is 20.4. The summed E-state index contributed by atoms with van der Waals surface area (Å²) >= 11 is 4.97. The van der Waals surface area contributed by atoms with Crippen LogP contribution in [0.2, 0.25) is 0 Å². The highest BCUT2D eigenvalue weighted by Gasteiger charge is 2.13. The van der Waals surface area contributed by atoms with E-state index in [0.29, 0.717) is 17.0 Å². The van der Waals surface area contributed by atoms with Crippen molar-refractivity contribution in [2.24, 2.45) is 0 Å². The third-order valence-corrected chi connectivity index (χ3v) is 3.73. The van der Waals surface area contributed by atoms with Crippen LogP contribution >= 0.6 is 12.2 Å². The number of para-hydroxylation sites is 2. The van der Waals surface area contributed by atoms with Crippen LogP contribution in [0, 0.1) is 0 Å². The molecule has 0 aliphatic heterocycles. The standard InChI is InChI=1S/C19H20N4O4S/c1-27-15-10-6-5-9-14(15)18(26)21-19(28)23-22-17(25)12-11-16(24)20-13-7-3-2-4-8-13/h2-10H,11-12H2,1H3,(H,20,24)(H,22,25)(H2,21,23,26,28). The molecule has 9 heteroatoms. The van der Waals surface area contributed by atoms with Gasteiger partial charge in [-0.2, -0.15) is 0 Å². The second kappa shape index (κ2) is 10.6. The van der Waals surface area contributed by atoms with Gasteiger partial charge in [0.2, 0.25) is 11.8 Å². The maximum Gasteiger partial charge on any atom is 0.261 e. The Morgan fingerprint density at radius 2 is 1.54 bits per heavy atom. The highest BCUT2D eigenvalue weighted by Crippen LogP contribution is 2.16. The Kier molecular flexibility index (Phi) is 7.92. The second-order valence-electron chi connectivity index (χ2n) is 5.57. The molecule has 4 N–H and O–H groups in total. The van der Waals surface area contributed by atoms with Crippen LogP contribution in [0.3, 0.4) is 0 Å². The first kappa shape index (κ1) is 20.8. The number of rotatable bonds is 6. The van der Waals surface area contributed by atoms with Gasteiger partial charge < -0.3 is 10.1 Å². The van der Waals surface area contributed by atoms with Gasteiger partial charge in [0.1, 0.15) is 5.75 Å². The molecule has 0 aliphatic carbocycles. The molecule has 0 saturated heterocycles. The molecule has 0 fully saturated rings. The number of nitrogens with one attached hydrogen (secondary N) is 4. The fourth-order valence-electron chi connectivity index (χ4n) is 2.19. The summed E-state index contributed by atoms with van der Waals surface area (Å²) in [6.45, 7) is 0. The summed E-state index contributed by atoms with van der Waals surface area (Å²) in [5.41, 5.74) is 5.71. The molecule has 0 radical (unpaired) electrons. The Morgan fingerprint density at radius 1 is 0.893 bits per heavy atom. The number of benzene rings is 2. The molecule has 28 heavy (non-hydrogen) atoms. The fraction of sp³-hybridized carbons (Fsp3) is 0.158. The molecule has 0 aromatic heterocycles. The number of methoxy groups -OCH3 is 1. The molecule has 0 heterocycles. The van der Waals surface area contributed by atoms with E-state index in [9.17, 15) is 14.4 Å². The van der Waals surface area contributed by atoms with E-state index < -0.39 is 11.8 Å². The predicted molar refractivity (Wildman–Crippen MR) is 109 cm³/mol. The Labute approximate surface area is 167 Å². The van der Waals surface area contributed by atoms with Gasteiger partial charge in [0.05, 0.1) is 12.7 Å². The van der Waals surface area contributed by atoms with Crippen LogP contribution in [0.15, 0.2) is 54.6 Å². The van der Waals surface area contributed by atoms with E-state index in [1.165, 1.54) is 7.11 Å². The lowest BCUT2D eigenvalue weighted by molar-refractivity contribution is -0.124. The van der Waals surface area contributed by atoms with E-state index in [2.05, 4.69) is 21.5 Å². The molecule has 3 amide bonds. The van der Waals surface area contributed by atoms with Crippen LogP contribution < -0.4 is 26.2 Å². The van der Waals surface area contributed by atoms with Gasteiger partial charge in [-0.3, -0.25) is 30.6 Å². The largest absolute Gasteiger partial charge is 0.496 e. The number of hydrogen-bond acceptors (Lipinski definition) is 5. The van der Waals surface area contributed by atoms with Crippen LogP contribution in [-0.2, 0) is 9.59 Å². The van der Waals surface area contributed by atoms with E-state index in [1.807, 2.05) is 6.07 Å². The van der Waals surface area contributed by atoms with Crippen molar-refractivity contribution in [3.63, 3.8) is 0 Å². The van der Waals surface area contributed by atoms with Gasteiger partial charge >= 0.3 is 0 Å². The van der Waals surface area contributed by atoms with Crippen molar-refractivity contribution in [1.82, 2.24) is 16.2 Å². The smallest absolute Gasteiger partial charge is 0.261 e. The predicted octanol–water partition coefficient (Wildman–Crippen LogP) is 1.75. The molecular formula is C19H20N4O4S. The Morgan fingerprint density at radius 3 is 2.25 bits per heavy atom. The number of ether oxygens (including phenoxy) is 1. The summed E-state index contributed by atoms with van der Waals surface area (Å²) in [6.07, 6.45) is -0.0442. The normalized spacial score (nSPS) is 9.75. The van der Waals surface area contributed by atoms with Crippen LogP contribution in [0.5, 0.6) is 5.75 Å². The van der Waals surface area contributed by atoms with Gasteiger partial charge in [-0.05, 0) is 36.5 Å². The SMILES string of the molecule is COc1ccccc1C(=O)NC(=S)NNC(=O)CCC(=O)Nc1ccccc1. The lowest BCUT2D eigenvalue weighted by Crippen LogP contribution is -2.48. The Hall–Kier alpha value is -3.46. The van der Waals surface area contributed by atoms with E-state index in [-0.39, 0.29) is 23.9 Å². The lowest BCUT2D eigenvalue weighted by atomic mass is 10.2. The van der Waals surface area contributed by atoms with Crippen molar-refractivity contribution in [1.29, 1.82) is 0 Å². The summed E-state index contributed by atoms with van der Waals surface area (Å²) in [7, 11) is 1.46. The number of anilines is 1. The maximum absolute atomic E-state index is 12.2. The minimum absolute atomic E-state index is 0.00272. The molecule has 2 aromatic carbocycles. The van der Waals surface area contributed by atoms with Gasteiger partial charge in [0.15, 0.2) is 5.11 Å². The molecule has 0 bridgehead atoms. The van der Waals surface area contributed by atoms with Crippen LogP contribution in [0.1, 0.15) is 23.2 Å². The average Bonchev–Trinajstić information content (AvgIpc) is 2.71. The number of thiocarbonyl (C=S) groups is 1. The van der Waals surface area contributed by atoms with Crippen LogP contribution in [-0.4, -0.2) is 29.9 Å². The first-order valence-corrected chi connectivity index (χ1v) is 8.78. The fourth-order valence-corrected chi connectivity index (χ4v) is 2.34. The summed E-state index contributed by atoms with van der Waals surface area (Å²) in [5.74, 6) is -0.812. The molecule has 8 nitrogen and oxygen atoms in total. The van der Waals surface area contributed by atoms with Crippen molar-refractivity contribution < 1.29 is 19.1 Å². The Bertz CT molecular complexity index is 858. The monoisotopic (exact) mass is 400 g/mol. The summed E-state index contributed by atoms with van der Waals surface area (Å²) in [5, 5.41) is 5.03. The number of amides is 3. The zero-order valence-electron chi connectivity index (χ0n) is 15.2. The number of hydrazine groups is 1. The van der Waals surface area contributed by atoms with E-state index in [4.69, 9.17) is 17.0 Å². The minimum atomic E-state index is -0.480. The second-order valence-corrected chi connectivity index (χ2v) is 5.98. The topological polar surface area (TPSA) is 109 Å². The third kappa shape index (κ3) is 6.69. The van der Waals surface area contributed by atoms with E-state index in [1.54, 1.807) is 48.5 Å². The molecular weight excluding hydrogens is 380 g/mol. The summed E-state index contributed by atoms with van der Waals surface area (Å²) < 4.78 is 5.11. The van der Waals surface area contributed by atoms with Crippen LogP contribution in [0.4, 0.5) is 5.69 Å². The molecule has 0 aliphatic rings. The van der Waals surface area contributed by atoms with Crippen molar-refractivity contribution in [3.05, 3.63) is 60.2 Å². The summed E-state index contributed by atoms with van der Waals surface area (Å²) in [4.78, 5) is 35.8. The van der Waals surface area contributed by atoms with Gasteiger partial charge in [0.25, 0.3) is 5.91 Å². The molecule has 0 saturated carbocycles. The zero-order valence-corrected chi connectivity index (χ0v) is 16.0. The van der Waals surface area contributed by atoms with Gasteiger partial charge in [0, 0.05) is 18.5 Å². The molecule has 0 spiro atoms. The molecule has 2 aromatic rings. The van der Waals surface area contributed by atoms with Gasteiger partial charge in [-0.15, -0.1) is 0 Å². The first-order valence-electron chi connectivity index (χ1n) is 8.37.